The summed E-state index contributed by atoms with van der Waals surface area (Å²) in [6, 6.07) is 1.58. The number of nitrogens with zero attached hydrogens (tertiary/aromatic N) is 3. The minimum atomic E-state index is -0.668. The number of carbonyl (C=O) groups excluding carboxylic acids is 1. The van der Waals surface area contributed by atoms with Gasteiger partial charge >= 0.3 is 5.97 Å². The highest BCUT2D eigenvalue weighted by Gasteiger charge is 2.13. The van der Waals surface area contributed by atoms with Gasteiger partial charge in [0.15, 0.2) is 0 Å². The van der Waals surface area contributed by atoms with Gasteiger partial charge in [-0.3, -0.25) is 9.20 Å². The summed E-state index contributed by atoms with van der Waals surface area (Å²) in [5.41, 5.74) is -0.128. The SMILES string of the molecule is CCOC(=O)c1cnc2ccncn2c1=O. The van der Waals surface area contributed by atoms with Crippen molar-refractivity contribution < 1.29 is 9.53 Å². The molecule has 0 unspecified atom stereocenters. The maximum atomic E-state index is 11.8. The summed E-state index contributed by atoms with van der Waals surface area (Å²) in [6.07, 6.45) is 4.05. The first-order chi connectivity index (χ1) is 7.74. The third-order valence-corrected chi connectivity index (χ3v) is 2.01. The van der Waals surface area contributed by atoms with Crippen LogP contribution < -0.4 is 5.56 Å². The van der Waals surface area contributed by atoms with Crippen molar-refractivity contribution in [3.05, 3.63) is 40.7 Å². The lowest BCUT2D eigenvalue weighted by Gasteiger charge is -2.02. The maximum Gasteiger partial charge on any atom is 0.345 e. The van der Waals surface area contributed by atoms with Crippen LogP contribution in [0.2, 0.25) is 0 Å². The molecule has 6 nitrogen and oxygen atoms in total. The van der Waals surface area contributed by atoms with Gasteiger partial charge in [0.05, 0.1) is 6.61 Å². The molecule has 0 amide bonds. The summed E-state index contributed by atoms with van der Waals surface area (Å²) in [6.45, 7) is 1.89. The van der Waals surface area contributed by atoms with Crippen LogP contribution in [0.3, 0.4) is 0 Å². The van der Waals surface area contributed by atoms with Crippen molar-refractivity contribution in [1.29, 1.82) is 0 Å². The second-order valence-corrected chi connectivity index (χ2v) is 3.01. The summed E-state index contributed by atoms with van der Waals surface area (Å²) in [7, 11) is 0. The highest BCUT2D eigenvalue weighted by atomic mass is 16.5. The lowest BCUT2D eigenvalue weighted by atomic mass is 10.3. The van der Waals surface area contributed by atoms with E-state index in [1.165, 1.54) is 23.1 Å². The molecule has 16 heavy (non-hydrogen) atoms. The lowest BCUT2D eigenvalue weighted by Crippen LogP contribution is -2.24. The average Bonchev–Trinajstić information content (AvgIpc) is 2.30. The van der Waals surface area contributed by atoms with E-state index in [1.54, 1.807) is 13.0 Å². The van der Waals surface area contributed by atoms with Gasteiger partial charge in [-0.05, 0) is 13.0 Å². The van der Waals surface area contributed by atoms with Crippen LogP contribution in [0.15, 0.2) is 29.6 Å². The van der Waals surface area contributed by atoms with Crippen LogP contribution >= 0.6 is 0 Å². The van der Waals surface area contributed by atoms with Crippen LogP contribution in [-0.4, -0.2) is 26.9 Å². The minimum Gasteiger partial charge on any atom is -0.462 e. The molecule has 0 bridgehead atoms. The zero-order chi connectivity index (χ0) is 11.5. The Kier molecular flexibility index (Phi) is 2.63. The quantitative estimate of drug-likeness (QED) is 0.677. The standard InChI is InChI=1S/C10H9N3O3/c1-2-16-10(15)7-5-12-8-3-4-11-6-13(8)9(7)14/h3-6H,2H2,1H3. The van der Waals surface area contributed by atoms with E-state index in [9.17, 15) is 9.59 Å². The van der Waals surface area contributed by atoms with Gasteiger partial charge < -0.3 is 4.74 Å². The first-order valence-electron chi connectivity index (χ1n) is 4.72. The number of rotatable bonds is 2. The Hall–Kier alpha value is -2.24. The van der Waals surface area contributed by atoms with Gasteiger partial charge in [-0.25, -0.2) is 14.8 Å². The molecule has 2 aromatic heterocycles. The number of aromatic nitrogens is 3. The van der Waals surface area contributed by atoms with Crippen LogP contribution in [0.4, 0.5) is 0 Å². The third-order valence-electron chi connectivity index (χ3n) is 2.01. The van der Waals surface area contributed by atoms with E-state index in [1.807, 2.05) is 0 Å². The van der Waals surface area contributed by atoms with Crippen LogP contribution in [0.5, 0.6) is 0 Å². The molecule has 0 aromatic carbocycles. The summed E-state index contributed by atoms with van der Waals surface area (Å²) < 4.78 is 5.95. The Morgan fingerprint density at radius 3 is 3.12 bits per heavy atom. The second kappa shape index (κ2) is 4.09. The van der Waals surface area contributed by atoms with Crippen molar-refractivity contribution in [3.8, 4) is 0 Å². The second-order valence-electron chi connectivity index (χ2n) is 3.01. The molecule has 0 saturated carbocycles. The summed E-state index contributed by atoms with van der Waals surface area (Å²) in [4.78, 5) is 31.0. The van der Waals surface area contributed by atoms with E-state index in [-0.39, 0.29) is 12.2 Å². The third kappa shape index (κ3) is 1.65. The lowest BCUT2D eigenvalue weighted by molar-refractivity contribution is 0.0523. The predicted octanol–water partition coefficient (Wildman–Crippen LogP) is 0.266. The summed E-state index contributed by atoms with van der Waals surface area (Å²) in [5.74, 6) is -0.668. The molecule has 0 spiro atoms. The van der Waals surface area contributed by atoms with E-state index in [0.717, 1.165) is 0 Å². The number of carbonyl (C=O) groups is 1. The van der Waals surface area contributed by atoms with Gasteiger partial charge in [0.25, 0.3) is 5.56 Å². The molecule has 6 heteroatoms. The number of hydrogen-bond donors (Lipinski definition) is 0. The van der Waals surface area contributed by atoms with Crippen molar-refractivity contribution in [2.75, 3.05) is 6.61 Å². The zero-order valence-corrected chi connectivity index (χ0v) is 8.58. The Balaban J connectivity index is 2.61. The van der Waals surface area contributed by atoms with Crippen molar-refractivity contribution in [2.24, 2.45) is 0 Å². The molecule has 2 heterocycles. The van der Waals surface area contributed by atoms with E-state index in [4.69, 9.17) is 4.74 Å². The Morgan fingerprint density at radius 1 is 1.56 bits per heavy atom. The smallest absolute Gasteiger partial charge is 0.345 e. The molecule has 0 fully saturated rings. The van der Waals surface area contributed by atoms with Crippen LogP contribution in [-0.2, 0) is 4.74 Å². The number of ether oxygens (including phenoxy) is 1. The normalized spacial score (nSPS) is 10.3. The minimum absolute atomic E-state index is 0.0904. The Morgan fingerprint density at radius 2 is 2.38 bits per heavy atom. The first kappa shape index (κ1) is 10.3. The first-order valence-corrected chi connectivity index (χ1v) is 4.72. The number of fused-ring (bicyclic) bond motifs is 1. The number of hydrogen-bond acceptors (Lipinski definition) is 5. The van der Waals surface area contributed by atoms with E-state index in [0.29, 0.717) is 5.65 Å². The van der Waals surface area contributed by atoms with Crippen molar-refractivity contribution >= 4 is 11.6 Å². The summed E-state index contributed by atoms with van der Waals surface area (Å²) in [5, 5.41) is 0. The molecule has 0 aliphatic rings. The van der Waals surface area contributed by atoms with E-state index < -0.39 is 11.5 Å². The van der Waals surface area contributed by atoms with Gasteiger partial charge in [-0.15, -0.1) is 0 Å². The van der Waals surface area contributed by atoms with Gasteiger partial charge in [-0.1, -0.05) is 0 Å². The highest BCUT2D eigenvalue weighted by molar-refractivity contribution is 5.88. The van der Waals surface area contributed by atoms with Gasteiger partial charge in [0, 0.05) is 12.4 Å². The van der Waals surface area contributed by atoms with Crippen LogP contribution in [0.25, 0.3) is 5.65 Å². The molecule has 0 aliphatic carbocycles. The molecule has 2 rings (SSSR count). The predicted molar refractivity (Wildman–Crippen MR) is 55.2 cm³/mol. The molecule has 0 aliphatic heterocycles. The molecular weight excluding hydrogens is 210 g/mol. The molecule has 0 radical (unpaired) electrons. The molecular formula is C10H9N3O3. The zero-order valence-electron chi connectivity index (χ0n) is 8.58. The van der Waals surface area contributed by atoms with E-state index >= 15 is 0 Å². The summed E-state index contributed by atoms with van der Waals surface area (Å²) >= 11 is 0. The van der Waals surface area contributed by atoms with Crippen LogP contribution in [0.1, 0.15) is 17.3 Å². The largest absolute Gasteiger partial charge is 0.462 e. The maximum absolute atomic E-state index is 11.8. The fourth-order valence-corrected chi connectivity index (χ4v) is 1.28. The van der Waals surface area contributed by atoms with Gasteiger partial charge in [-0.2, -0.15) is 0 Å². The van der Waals surface area contributed by atoms with Crippen LogP contribution in [0, 0.1) is 0 Å². The Labute approximate surface area is 90.5 Å². The molecule has 0 atom stereocenters. The fraction of sp³-hybridized carbons (Fsp3) is 0.200. The van der Waals surface area contributed by atoms with Gasteiger partial charge in [0.1, 0.15) is 17.5 Å². The molecule has 0 N–H and O–H groups in total. The van der Waals surface area contributed by atoms with Crippen molar-refractivity contribution in [3.63, 3.8) is 0 Å². The highest BCUT2D eigenvalue weighted by Crippen LogP contribution is 1.97. The Bertz CT molecular complexity index is 591. The number of esters is 1. The monoisotopic (exact) mass is 219 g/mol. The van der Waals surface area contributed by atoms with Crippen molar-refractivity contribution in [1.82, 2.24) is 14.4 Å². The van der Waals surface area contributed by atoms with E-state index in [2.05, 4.69) is 9.97 Å². The molecule has 0 saturated heterocycles. The molecule has 82 valence electrons. The average molecular weight is 219 g/mol. The fourth-order valence-electron chi connectivity index (χ4n) is 1.28. The molecule has 2 aromatic rings. The van der Waals surface area contributed by atoms with Crippen molar-refractivity contribution in [2.45, 2.75) is 6.92 Å². The van der Waals surface area contributed by atoms with Gasteiger partial charge in [0.2, 0.25) is 0 Å². The topological polar surface area (TPSA) is 73.6 Å².